The molecule has 3 aromatic carbocycles. The largest absolute Gasteiger partial charge is 0.481 e. The molecule has 2 N–H and O–H groups in total. The Morgan fingerprint density at radius 3 is 2.44 bits per heavy atom. The highest BCUT2D eigenvalue weighted by Gasteiger charge is 2.22. The van der Waals surface area contributed by atoms with Crippen LogP contribution in [-0.4, -0.2) is 22.0 Å². The van der Waals surface area contributed by atoms with Crippen molar-refractivity contribution in [1.82, 2.24) is 10.3 Å². The van der Waals surface area contributed by atoms with Gasteiger partial charge in [-0.3, -0.25) is 9.59 Å². The van der Waals surface area contributed by atoms with E-state index in [1.165, 1.54) is 23.5 Å². The van der Waals surface area contributed by atoms with Gasteiger partial charge in [0, 0.05) is 10.9 Å². The van der Waals surface area contributed by atoms with E-state index in [2.05, 4.69) is 10.3 Å². The molecule has 4 rings (SSSR count). The van der Waals surface area contributed by atoms with E-state index in [-0.39, 0.29) is 24.7 Å². The lowest BCUT2D eigenvalue weighted by atomic mass is 9.95. The van der Waals surface area contributed by atoms with Crippen molar-refractivity contribution in [3.05, 3.63) is 101 Å². The summed E-state index contributed by atoms with van der Waals surface area (Å²) in [7, 11) is 0. The second-order valence-corrected chi connectivity index (χ2v) is 8.83. The van der Waals surface area contributed by atoms with Crippen molar-refractivity contribution < 1.29 is 19.1 Å². The molecule has 0 bridgehead atoms. The van der Waals surface area contributed by atoms with Gasteiger partial charge in [0.15, 0.2) is 0 Å². The number of aliphatic carboxylic acids is 1. The molecule has 0 unspecified atom stereocenters. The maximum absolute atomic E-state index is 13.8. The van der Waals surface area contributed by atoms with E-state index in [1.54, 1.807) is 6.07 Å². The lowest BCUT2D eigenvalue weighted by Gasteiger charge is -2.14. The Kier molecular flexibility index (Phi) is 7.44. The number of amides is 1. The molecule has 34 heavy (non-hydrogen) atoms. The number of halogens is 1. The second kappa shape index (κ2) is 10.9. The van der Waals surface area contributed by atoms with E-state index in [9.17, 15) is 19.1 Å². The van der Waals surface area contributed by atoms with Gasteiger partial charge in [-0.2, -0.15) is 0 Å². The van der Waals surface area contributed by atoms with Gasteiger partial charge in [-0.15, -0.1) is 11.3 Å². The number of nitrogens with one attached hydrogen (secondary N) is 1. The van der Waals surface area contributed by atoms with Crippen molar-refractivity contribution >= 4 is 23.2 Å². The molecule has 7 heteroatoms. The molecule has 1 amide bonds. The third-order valence-corrected chi connectivity index (χ3v) is 6.27. The van der Waals surface area contributed by atoms with Gasteiger partial charge in [0.25, 0.3) is 0 Å². The number of carboxylic acids is 1. The summed E-state index contributed by atoms with van der Waals surface area (Å²) < 4.78 is 13.8. The Balaban J connectivity index is 1.47. The first-order valence-corrected chi connectivity index (χ1v) is 11.7. The zero-order valence-corrected chi connectivity index (χ0v) is 19.1. The minimum absolute atomic E-state index is 0.205. The zero-order valence-electron chi connectivity index (χ0n) is 18.3. The molecule has 0 aliphatic rings. The Labute approximate surface area is 200 Å². The highest BCUT2D eigenvalue weighted by Crippen LogP contribution is 2.33. The monoisotopic (exact) mass is 474 g/mol. The van der Waals surface area contributed by atoms with E-state index >= 15 is 0 Å². The maximum Gasteiger partial charge on any atom is 0.304 e. The fourth-order valence-electron chi connectivity index (χ4n) is 3.80. The average Bonchev–Trinajstić information content (AvgIpc) is 3.31. The molecular formula is C27H23FN2O3S. The van der Waals surface area contributed by atoms with Crippen LogP contribution in [0.4, 0.5) is 4.39 Å². The Bertz CT molecular complexity index is 1290. The van der Waals surface area contributed by atoms with E-state index in [0.29, 0.717) is 11.4 Å². The lowest BCUT2D eigenvalue weighted by molar-refractivity contribution is -0.141. The number of carboxylic acid groups (broad SMARTS) is 1. The normalized spacial score (nSPS) is 11.7. The molecule has 0 aliphatic heterocycles. The third kappa shape index (κ3) is 5.94. The zero-order chi connectivity index (χ0) is 23.9. The van der Waals surface area contributed by atoms with Gasteiger partial charge < -0.3 is 10.4 Å². The van der Waals surface area contributed by atoms with Crippen LogP contribution in [0.3, 0.4) is 0 Å². The predicted octanol–water partition coefficient (Wildman–Crippen LogP) is 5.57. The Morgan fingerprint density at radius 2 is 1.71 bits per heavy atom. The van der Waals surface area contributed by atoms with Crippen LogP contribution in [0.25, 0.3) is 22.4 Å². The first-order chi connectivity index (χ1) is 16.5. The summed E-state index contributed by atoms with van der Waals surface area (Å²) >= 11 is 1.41. The van der Waals surface area contributed by atoms with Gasteiger partial charge in [-0.1, -0.05) is 66.7 Å². The summed E-state index contributed by atoms with van der Waals surface area (Å²) in [5, 5.41) is 14.7. The molecule has 172 valence electrons. The summed E-state index contributed by atoms with van der Waals surface area (Å²) in [6.07, 6.45) is 0.105. The van der Waals surface area contributed by atoms with Gasteiger partial charge in [0.1, 0.15) is 10.8 Å². The van der Waals surface area contributed by atoms with Crippen molar-refractivity contribution in [3.63, 3.8) is 0 Å². The Hall–Kier alpha value is -3.84. The lowest BCUT2D eigenvalue weighted by Crippen LogP contribution is -2.33. The fourth-order valence-corrected chi connectivity index (χ4v) is 4.54. The molecule has 1 aromatic heterocycles. The van der Waals surface area contributed by atoms with Gasteiger partial charge in [0.05, 0.1) is 24.6 Å². The number of hydrogen-bond acceptors (Lipinski definition) is 4. The van der Waals surface area contributed by atoms with Crippen LogP contribution in [-0.2, 0) is 22.6 Å². The molecule has 0 fully saturated rings. The molecule has 0 radical (unpaired) electrons. The molecule has 0 aliphatic carbocycles. The quantitative estimate of drug-likeness (QED) is 0.333. The topological polar surface area (TPSA) is 79.3 Å². The summed E-state index contributed by atoms with van der Waals surface area (Å²) in [5.41, 5.74) is 4.15. The number of aromatic nitrogens is 1. The minimum Gasteiger partial charge on any atom is -0.481 e. The molecule has 4 aromatic rings. The molecule has 5 nitrogen and oxygen atoms in total. The average molecular weight is 475 g/mol. The summed E-state index contributed by atoms with van der Waals surface area (Å²) in [6.45, 7) is 0.205. The van der Waals surface area contributed by atoms with Crippen molar-refractivity contribution in [2.75, 3.05) is 0 Å². The van der Waals surface area contributed by atoms with Crippen molar-refractivity contribution in [3.8, 4) is 22.4 Å². The third-order valence-electron chi connectivity index (χ3n) is 5.42. The highest BCUT2D eigenvalue weighted by atomic mass is 32.1. The van der Waals surface area contributed by atoms with E-state index in [1.807, 2.05) is 66.0 Å². The summed E-state index contributed by atoms with van der Waals surface area (Å²) in [5.74, 6) is -2.31. The van der Waals surface area contributed by atoms with Crippen LogP contribution in [0.2, 0.25) is 0 Å². The first kappa shape index (κ1) is 23.3. The number of thiazole rings is 1. The number of nitrogens with zero attached hydrogens (tertiary/aromatic N) is 1. The van der Waals surface area contributed by atoms with Crippen molar-refractivity contribution in [2.24, 2.45) is 5.92 Å². The van der Waals surface area contributed by atoms with E-state index < -0.39 is 11.9 Å². The van der Waals surface area contributed by atoms with Gasteiger partial charge >= 0.3 is 5.97 Å². The van der Waals surface area contributed by atoms with Gasteiger partial charge in [0.2, 0.25) is 5.91 Å². The molecule has 0 saturated carbocycles. The predicted molar refractivity (Wildman–Crippen MR) is 131 cm³/mol. The number of rotatable bonds is 9. The molecule has 0 spiro atoms. The molecule has 0 saturated heterocycles. The number of carbonyl (C=O) groups excluding carboxylic acids is 1. The van der Waals surface area contributed by atoms with Crippen LogP contribution in [0, 0.1) is 11.7 Å². The fraction of sp³-hybridized carbons (Fsp3) is 0.148. The van der Waals surface area contributed by atoms with Gasteiger partial charge in [-0.25, -0.2) is 9.37 Å². The van der Waals surface area contributed by atoms with E-state index in [4.69, 9.17) is 0 Å². The number of hydrogen-bond donors (Lipinski definition) is 2. The van der Waals surface area contributed by atoms with Crippen LogP contribution in [0.15, 0.2) is 84.2 Å². The molecule has 1 atom stereocenters. The second-order valence-electron chi connectivity index (χ2n) is 7.88. The smallest absolute Gasteiger partial charge is 0.304 e. The Morgan fingerprint density at radius 1 is 0.971 bits per heavy atom. The van der Waals surface area contributed by atoms with Crippen LogP contribution in [0.5, 0.6) is 0 Å². The standard InChI is InChI=1S/C27H23FN2O3S/c28-21-10-6-9-19(14-21)22-11-4-5-12-23(22)24-17-34-25(30-24)16-29-27(33)20(15-26(31)32)13-18-7-2-1-3-8-18/h1-12,14,17,20H,13,15-16H2,(H,29,33)(H,31,32)/t20-/m1/s1. The maximum atomic E-state index is 13.8. The number of benzene rings is 3. The summed E-state index contributed by atoms with van der Waals surface area (Å²) in [4.78, 5) is 28.7. The van der Waals surface area contributed by atoms with Crippen molar-refractivity contribution in [1.29, 1.82) is 0 Å². The molecular weight excluding hydrogens is 451 g/mol. The summed E-state index contributed by atoms with van der Waals surface area (Å²) in [6, 6.07) is 23.4. The highest BCUT2D eigenvalue weighted by molar-refractivity contribution is 7.09. The SMILES string of the molecule is O=C(O)C[C@@H](Cc1ccccc1)C(=O)NCc1nc(-c2ccccc2-c2cccc(F)c2)cs1. The van der Waals surface area contributed by atoms with Crippen molar-refractivity contribution in [2.45, 2.75) is 19.4 Å². The van der Waals surface area contributed by atoms with Crippen LogP contribution in [0.1, 0.15) is 17.0 Å². The van der Waals surface area contributed by atoms with Crippen LogP contribution < -0.4 is 5.32 Å². The number of carbonyl (C=O) groups is 2. The molecule has 1 heterocycles. The minimum atomic E-state index is -1.01. The van der Waals surface area contributed by atoms with Gasteiger partial charge in [-0.05, 0) is 35.2 Å². The first-order valence-electron chi connectivity index (χ1n) is 10.8. The van der Waals surface area contributed by atoms with E-state index in [0.717, 1.165) is 27.9 Å². The van der Waals surface area contributed by atoms with Crippen LogP contribution >= 0.6 is 11.3 Å².